The molecule has 0 radical (unpaired) electrons. The lowest BCUT2D eigenvalue weighted by molar-refractivity contribution is -0.123. The summed E-state index contributed by atoms with van der Waals surface area (Å²) in [5.74, 6) is 2.29. The normalized spacial score (nSPS) is 11.1. The van der Waals surface area contributed by atoms with Gasteiger partial charge in [0.1, 0.15) is 11.5 Å². The summed E-state index contributed by atoms with van der Waals surface area (Å²) in [5.41, 5.74) is 6.56. The minimum Gasteiger partial charge on any atom is -0.496 e. The van der Waals surface area contributed by atoms with E-state index in [-0.39, 0.29) is 12.5 Å². The van der Waals surface area contributed by atoms with E-state index in [0.717, 1.165) is 27.5 Å². The van der Waals surface area contributed by atoms with Crippen molar-refractivity contribution in [2.45, 2.75) is 37.5 Å². The van der Waals surface area contributed by atoms with Crippen molar-refractivity contribution in [1.29, 1.82) is 0 Å². The Morgan fingerprint density at radius 2 is 2.00 bits per heavy atom. The van der Waals surface area contributed by atoms with Crippen molar-refractivity contribution in [3.8, 4) is 11.5 Å². The molecule has 1 aromatic heterocycles. The van der Waals surface area contributed by atoms with E-state index >= 15 is 0 Å². The fraction of sp³-hybridized carbons (Fsp3) is 0.269. The minimum absolute atomic E-state index is 0.103. The van der Waals surface area contributed by atoms with Crippen molar-refractivity contribution in [2.75, 3.05) is 13.7 Å². The average Bonchev–Trinajstić information content (AvgIpc) is 2.82. The summed E-state index contributed by atoms with van der Waals surface area (Å²) in [4.78, 5) is 16.5. The first-order valence-corrected chi connectivity index (χ1v) is 11.7. The van der Waals surface area contributed by atoms with Crippen LogP contribution in [0.25, 0.3) is 0 Å². The molecular formula is C26H29N3O3S. The number of methoxy groups -OCH3 is 1. The Hall–Kier alpha value is -3.32. The van der Waals surface area contributed by atoms with Crippen molar-refractivity contribution in [2.24, 2.45) is 5.10 Å². The highest BCUT2D eigenvalue weighted by Gasteiger charge is 2.08. The second-order valence-corrected chi connectivity index (χ2v) is 8.79. The van der Waals surface area contributed by atoms with Gasteiger partial charge in [0.2, 0.25) is 0 Å². The highest BCUT2D eigenvalue weighted by Crippen LogP contribution is 2.27. The largest absolute Gasteiger partial charge is 0.496 e. The van der Waals surface area contributed by atoms with Crippen molar-refractivity contribution < 1.29 is 14.3 Å². The van der Waals surface area contributed by atoms with E-state index in [1.54, 1.807) is 31.3 Å². The molecule has 0 atom stereocenters. The van der Waals surface area contributed by atoms with Crippen LogP contribution in [-0.2, 0) is 10.5 Å². The molecule has 0 unspecified atom stereocenters. The predicted octanol–water partition coefficient (Wildman–Crippen LogP) is 5.34. The summed E-state index contributed by atoms with van der Waals surface area (Å²) < 4.78 is 11.2. The average molecular weight is 464 g/mol. The molecule has 33 heavy (non-hydrogen) atoms. The van der Waals surface area contributed by atoms with Crippen LogP contribution < -0.4 is 14.9 Å². The smallest absolute Gasteiger partial charge is 0.277 e. The number of pyridine rings is 1. The molecule has 3 aromatic rings. The third-order valence-corrected chi connectivity index (χ3v) is 5.95. The molecule has 0 spiro atoms. The topological polar surface area (TPSA) is 72.8 Å². The summed E-state index contributed by atoms with van der Waals surface area (Å²) >= 11 is 1.63. The van der Waals surface area contributed by atoms with Gasteiger partial charge in [-0.2, -0.15) is 5.10 Å². The molecule has 1 heterocycles. The Morgan fingerprint density at radius 3 is 2.73 bits per heavy atom. The molecular weight excluding hydrogens is 434 g/mol. The molecule has 0 aliphatic carbocycles. The number of rotatable bonds is 10. The van der Waals surface area contributed by atoms with E-state index in [0.29, 0.717) is 17.4 Å². The summed E-state index contributed by atoms with van der Waals surface area (Å²) in [5, 5.41) is 5.02. The SMILES string of the molecule is COc1ccc(/C=N\NC(=O)COc2cc(C(C)C)ccc2C)cc1CSc1ccccn1. The maximum atomic E-state index is 12.2. The predicted molar refractivity (Wildman–Crippen MR) is 133 cm³/mol. The molecule has 6 nitrogen and oxygen atoms in total. The van der Waals surface area contributed by atoms with Gasteiger partial charge in [0.15, 0.2) is 6.61 Å². The maximum Gasteiger partial charge on any atom is 0.277 e. The monoisotopic (exact) mass is 463 g/mol. The van der Waals surface area contributed by atoms with Gasteiger partial charge in [-0.3, -0.25) is 4.79 Å². The number of hydrazone groups is 1. The van der Waals surface area contributed by atoms with E-state index in [9.17, 15) is 4.79 Å². The minimum atomic E-state index is -0.319. The first-order chi connectivity index (χ1) is 16.0. The number of nitrogens with zero attached hydrogens (tertiary/aromatic N) is 2. The van der Waals surface area contributed by atoms with Gasteiger partial charge in [0.25, 0.3) is 5.91 Å². The van der Waals surface area contributed by atoms with Crippen LogP contribution in [0.5, 0.6) is 11.5 Å². The summed E-state index contributed by atoms with van der Waals surface area (Å²) in [6.07, 6.45) is 3.38. The van der Waals surface area contributed by atoms with E-state index in [1.165, 1.54) is 5.56 Å². The summed E-state index contributed by atoms with van der Waals surface area (Å²) in [7, 11) is 1.65. The molecule has 1 N–H and O–H groups in total. The van der Waals surface area contributed by atoms with E-state index in [4.69, 9.17) is 9.47 Å². The quantitative estimate of drug-likeness (QED) is 0.249. The van der Waals surface area contributed by atoms with Gasteiger partial charge in [-0.1, -0.05) is 32.0 Å². The molecule has 2 aromatic carbocycles. The van der Waals surface area contributed by atoms with Crippen LogP contribution in [0.15, 0.2) is 70.9 Å². The first-order valence-electron chi connectivity index (χ1n) is 10.7. The number of hydrogen-bond acceptors (Lipinski definition) is 6. The van der Waals surface area contributed by atoms with Gasteiger partial charge < -0.3 is 9.47 Å². The molecule has 0 bridgehead atoms. The van der Waals surface area contributed by atoms with Crippen LogP contribution in [0.4, 0.5) is 0 Å². The molecule has 0 saturated carbocycles. The zero-order valence-corrected chi connectivity index (χ0v) is 20.2. The molecule has 0 fully saturated rings. The van der Waals surface area contributed by atoms with E-state index < -0.39 is 0 Å². The molecule has 172 valence electrons. The zero-order valence-electron chi connectivity index (χ0n) is 19.4. The third-order valence-electron chi connectivity index (χ3n) is 4.96. The van der Waals surface area contributed by atoms with Gasteiger partial charge in [-0.15, -0.1) is 11.8 Å². The number of ether oxygens (including phenoxy) is 2. The van der Waals surface area contributed by atoms with Crippen LogP contribution in [-0.4, -0.2) is 30.8 Å². The molecule has 0 aliphatic heterocycles. The van der Waals surface area contributed by atoms with E-state index in [1.807, 2.05) is 55.5 Å². The number of carbonyl (C=O) groups is 1. The second-order valence-electron chi connectivity index (χ2n) is 7.79. The highest BCUT2D eigenvalue weighted by molar-refractivity contribution is 7.98. The van der Waals surface area contributed by atoms with Crippen LogP contribution in [0.1, 0.15) is 42.0 Å². The highest BCUT2D eigenvalue weighted by atomic mass is 32.2. The number of benzene rings is 2. The van der Waals surface area contributed by atoms with Crippen molar-refractivity contribution in [1.82, 2.24) is 10.4 Å². The number of aryl methyl sites for hydroxylation is 1. The zero-order chi connectivity index (χ0) is 23.6. The van der Waals surface area contributed by atoms with Crippen molar-refractivity contribution >= 4 is 23.9 Å². The summed E-state index contributed by atoms with van der Waals surface area (Å²) in [6.45, 7) is 6.10. The van der Waals surface area contributed by atoms with Gasteiger partial charge in [0, 0.05) is 17.5 Å². The van der Waals surface area contributed by atoms with Gasteiger partial charge in [-0.25, -0.2) is 10.4 Å². The molecule has 3 rings (SSSR count). The van der Waals surface area contributed by atoms with Crippen LogP contribution in [0.2, 0.25) is 0 Å². The lowest BCUT2D eigenvalue weighted by Gasteiger charge is -2.12. The molecule has 0 aliphatic rings. The fourth-order valence-electron chi connectivity index (χ4n) is 3.06. The standard InChI is InChI=1S/C26H29N3O3S/c1-18(2)21-10-8-19(3)24(14-21)32-16-25(30)29-28-15-20-9-11-23(31-4)22(13-20)17-33-26-7-5-6-12-27-26/h5-15,18H,16-17H2,1-4H3,(H,29,30)/b28-15-. The van der Waals surface area contributed by atoms with Crippen LogP contribution in [0, 0.1) is 6.92 Å². The second kappa shape index (κ2) is 12.1. The Labute approximate surface area is 199 Å². The molecule has 1 amide bonds. The Balaban J connectivity index is 1.56. The Kier molecular flexibility index (Phi) is 8.89. The summed E-state index contributed by atoms with van der Waals surface area (Å²) in [6, 6.07) is 17.7. The van der Waals surface area contributed by atoms with Crippen LogP contribution >= 0.6 is 11.8 Å². The maximum absolute atomic E-state index is 12.2. The fourth-order valence-corrected chi connectivity index (χ4v) is 3.90. The van der Waals surface area contributed by atoms with Crippen LogP contribution in [0.3, 0.4) is 0 Å². The number of carbonyl (C=O) groups excluding carboxylic acids is 1. The number of nitrogens with one attached hydrogen (secondary N) is 1. The number of hydrogen-bond donors (Lipinski definition) is 1. The Morgan fingerprint density at radius 1 is 1.15 bits per heavy atom. The number of thioether (sulfide) groups is 1. The third kappa shape index (κ3) is 7.36. The first kappa shape index (κ1) is 24.3. The Bertz CT molecular complexity index is 1100. The van der Waals surface area contributed by atoms with Crippen molar-refractivity contribution in [3.05, 3.63) is 83.0 Å². The lowest BCUT2D eigenvalue weighted by Crippen LogP contribution is -2.24. The molecule has 7 heteroatoms. The molecule has 0 saturated heterocycles. The lowest BCUT2D eigenvalue weighted by atomic mass is 10.0. The number of amides is 1. The number of aromatic nitrogens is 1. The van der Waals surface area contributed by atoms with Gasteiger partial charge in [-0.05, 0) is 65.9 Å². The van der Waals surface area contributed by atoms with E-state index in [2.05, 4.69) is 35.4 Å². The van der Waals surface area contributed by atoms with Crippen molar-refractivity contribution in [3.63, 3.8) is 0 Å². The van der Waals surface area contributed by atoms with Gasteiger partial charge in [0.05, 0.1) is 18.4 Å². The van der Waals surface area contributed by atoms with Gasteiger partial charge >= 0.3 is 0 Å².